The van der Waals surface area contributed by atoms with Crippen LogP contribution in [0.3, 0.4) is 0 Å². The summed E-state index contributed by atoms with van der Waals surface area (Å²) in [5, 5.41) is 2.25. The largest absolute Gasteiger partial charge is 0.489 e. The number of H-pyrrole nitrogens is 1. The summed E-state index contributed by atoms with van der Waals surface area (Å²) in [6, 6.07) is 15.1. The number of aromatic nitrogens is 2. The third-order valence-electron chi connectivity index (χ3n) is 5.49. The molecule has 0 bridgehead atoms. The number of rotatable bonds is 6. The van der Waals surface area contributed by atoms with Crippen LogP contribution in [0.2, 0.25) is 0 Å². The predicted octanol–water partition coefficient (Wildman–Crippen LogP) is 5.94. The van der Waals surface area contributed by atoms with Crippen LogP contribution in [0, 0.1) is 6.92 Å². The Morgan fingerprint density at radius 2 is 2.13 bits per heavy atom. The van der Waals surface area contributed by atoms with Crippen molar-refractivity contribution in [1.29, 1.82) is 0 Å². The molecule has 0 spiro atoms. The second-order valence-electron chi connectivity index (χ2n) is 7.83. The molecule has 1 aliphatic rings. The average Bonchev–Trinajstić information content (AvgIpc) is 3.36. The SMILES string of the molecule is CCSc1cccc(-c2ccc(OCC3COC(C)O3)c3[nH]c4ncc(C)cc4c23)c1. The molecule has 5 rings (SSSR count). The van der Waals surface area contributed by atoms with E-state index >= 15 is 0 Å². The van der Waals surface area contributed by atoms with E-state index in [1.54, 1.807) is 0 Å². The van der Waals surface area contributed by atoms with Crippen LogP contribution in [0.25, 0.3) is 33.1 Å². The van der Waals surface area contributed by atoms with Crippen molar-refractivity contribution in [2.45, 2.75) is 38.1 Å². The molecule has 5 nitrogen and oxygen atoms in total. The first-order valence-electron chi connectivity index (χ1n) is 10.7. The number of pyridine rings is 1. The van der Waals surface area contributed by atoms with Gasteiger partial charge in [-0.15, -0.1) is 11.8 Å². The van der Waals surface area contributed by atoms with Gasteiger partial charge in [-0.25, -0.2) is 4.98 Å². The maximum Gasteiger partial charge on any atom is 0.155 e. The predicted molar refractivity (Wildman–Crippen MR) is 126 cm³/mol. The van der Waals surface area contributed by atoms with E-state index in [0.717, 1.165) is 39.0 Å². The Bertz CT molecular complexity index is 1240. The number of benzene rings is 2. The van der Waals surface area contributed by atoms with Gasteiger partial charge >= 0.3 is 0 Å². The number of nitrogens with one attached hydrogen (secondary N) is 1. The number of hydrogen-bond donors (Lipinski definition) is 1. The van der Waals surface area contributed by atoms with E-state index in [1.807, 2.05) is 30.9 Å². The molecule has 2 unspecified atom stereocenters. The summed E-state index contributed by atoms with van der Waals surface area (Å²) >= 11 is 1.85. The second kappa shape index (κ2) is 8.54. The molecule has 1 saturated heterocycles. The Morgan fingerprint density at radius 3 is 2.94 bits per heavy atom. The first-order valence-corrected chi connectivity index (χ1v) is 11.6. The van der Waals surface area contributed by atoms with Gasteiger partial charge < -0.3 is 19.2 Å². The summed E-state index contributed by atoms with van der Waals surface area (Å²) in [6.45, 7) is 7.16. The number of hydrogen-bond acceptors (Lipinski definition) is 5. The first kappa shape index (κ1) is 20.4. The molecule has 160 valence electrons. The molecule has 1 aliphatic heterocycles. The topological polar surface area (TPSA) is 56.4 Å². The summed E-state index contributed by atoms with van der Waals surface area (Å²) in [4.78, 5) is 9.40. The van der Waals surface area contributed by atoms with Gasteiger partial charge in [0.05, 0.1) is 12.1 Å². The number of aromatic amines is 1. The average molecular weight is 435 g/mol. The highest BCUT2D eigenvalue weighted by Crippen LogP contribution is 2.40. The summed E-state index contributed by atoms with van der Waals surface area (Å²) < 4.78 is 17.4. The Hall–Kier alpha value is -2.54. The maximum absolute atomic E-state index is 6.20. The van der Waals surface area contributed by atoms with Crippen LogP contribution < -0.4 is 4.74 Å². The summed E-state index contributed by atoms with van der Waals surface area (Å²) in [5.74, 6) is 1.85. The smallest absolute Gasteiger partial charge is 0.155 e. The van der Waals surface area contributed by atoms with Gasteiger partial charge in [0.2, 0.25) is 0 Å². The normalized spacial score (nSPS) is 18.8. The van der Waals surface area contributed by atoms with Crippen LogP contribution in [0.4, 0.5) is 0 Å². The van der Waals surface area contributed by atoms with Crippen molar-refractivity contribution < 1.29 is 14.2 Å². The van der Waals surface area contributed by atoms with Crippen LogP contribution in [0.1, 0.15) is 19.4 Å². The van der Waals surface area contributed by atoms with Crippen molar-refractivity contribution in [1.82, 2.24) is 9.97 Å². The van der Waals surface area contributed by atoms with Gasteiger partial charge in [-0.3, -0.25) is 0 Å². The zero-order valence-electron chi connectivity index (χ0n) is 18.0. The minimum Gasteiger partial charge on any atom is -0.489 e. The monoisotopic (exact) mass is 434 g/mol. The molecule has 2 atom stereocenters. The van der Waals surface area contributed by atoms with Crippen molar-refractivity contribution in [3.05, 3.63) is 54.2 Å². The fraction of sp³-hybridized carbons (Fsp3) is 0.320. The Kier molecular flexibility index (Phi) is 5.61. The lowest BCUT2D eigenvalue weighted by atomic mass is 9.99. The lowest BCUT2D eigenvalue weighted by Gasteiger charge is -2.13. The molecule has 6 heteroatoms. The van der Waals surface area contributed by atoms with Crippen LogP contribution in [0.15, 0.2) is 53.6 Å². The molecule has 2 aromatic carbocycles. The van der Waals surface area contributed by atoms with Gasteiger partial charge in [0.15, 0.2) is 6.29 Å². The lowest BCUT2D eigenvalue weighted by Crippen LogP contribution is -2.20. The van der Waals surface area contributed by atoms with E-state index in [-0.39, 0.29) is 12.4 Å². The zero-order valence-corrected chi connectivity index (χ0v) is 18.8. The standard InChI is InChI=1S/C25H26N2O3S/c1-4-31-19-7-5-6-17(11-19)20-8-9-22(29-14-18-13-28-16(3)30-18)24-23(20)21-10-15(2)12-26-25(21)27-24/h5-12,16,18H,4,13-14H2,1-3H3,(H,26,27). The van der Waals surface area contributed by atoms with Crippen molar-refractivity contribution in [3.63, 3.8) is 0 Å². The lowest BCUT2D eigenvalue weighted by molar-refractivity contribution is -0.0486. The van der Waals surface area contributed by atoms with Crippen molar-refractivity contribution in [2.75, 3.05) is 19.0 Å². The van der Waals surface area contributed by atoms with Crippen LogP contribution in [0.5, 0.6) is 5.75 Å². The molecule has 31 heavy (non-hydrogen) atoms. The van der Waals surface area contributed by atoms with Gasteiger partial charge in [0.25, 0.3) is 0 Å². The zero-order chi connectivity index (χ0) is 21.4. The Balaban J connectivity index is 1.62. The van der Waals surface area contributed by atoms with Crippen molar-refractivity contribution in [2.24, 2.45) is 0 Å². The van der Waals surface area contributed by atoms with Gasteiger partial charge in [0.1, 0.15) is 24.1 Å². The van der Waals surface area contributed by atoms with E-state index in [2.05, 4.69) is 60.2 Å². The van der Waals surface area contributed by atoms with E-state index < -0.39 is 0 Å². The maximum atomic E-state index is 6.20. The molecule has 1 fully saturated rings. The van der Waals surface area contributed by atoms with Gasteiger partial charge in [0, 0.05) is 21.9 Å². The molecule has 3 heterocycles. The van der Waals surface area contributed by atoms with E-state index in [1.165, 1.54) is 16.0 Å². The number of aryl methyl sites for hydroxylation is 1. The highest BCUT2D eigenvalue weighted by atomic mass is 32.2. The number of nitrogens with zero attached hydrogens (tertiary/aromatic N) is 1. The Morgan fingerprint density at radius 1 is 1.23 bits per heavy atom. The van der Waals surface area contributed by atoms with Crippen LogP contribution in [-0.4, -0.2) is 41.3 Å². The van der Waals surface area contributed by atoms with Crippen molar-refractivity contribution in [3.8, 4) is 16.9 Å². The summed E-state index contributed by atoms with van der Waals surface area (Å²) in [5.41, 5.74) is 5.33. The molecule has 1 N–H and O–H groups in total. The van der Waals surface area contributed by atoms with E-state index in [4.69, 9.17) is 14.2 Å². The molecule has 0 aliphatic carbocycles. The van der Waals surface area contributed by atoms with Crippen LogP contribution >= 0.6 is 11.8 Å². The second-order valence-corrected chi connectivity index (χ2v) is 9.16. The quantitative estimate of drug-likeness (QED) is 0.380. The molecule has 0 saturated carbocycles. The Labute approximate surface area is 186 Å². The molecule has 2 aromatic heterocycles. The third-order valence-corrected chi connectivity index (χ3v) is 6.36. The third kappa shape index (κ3) is 4.03. The number of fused-ring (bicyclic) bond motifs is 3. The first-order chi connectivity index (χ1) is 15.1. The summed E-state index contributed by atoms with van der Waals surface area (Å²) in [7, 11) is 0. The molecular weight excluding hydrogens is 408 g/mol. The fourth-order valence-electron chi connectivity index (χ4n) is 4.11. The highest BCUT2D eigenvalue weighted by molar-refractivity contribution is 7.99. The molecule has 0 radical (unpaired) electrons. The molecular formula is C25H26N2O3S. The van der Waals surface area contributed by atoms with Gasteiger partial charge in [-0.1, -0.05) is 19.1 Å². The van der Waals surface area contributed by atoms with E-state index in [9.17, 15) is 0 Å². The van der Waals surface area contributed by atoms with Crippen molar-refractivity contribution >= 4 is 33.7 Å². The highest BCUT2D eigenvalue weighted by Gasteiger charge is 2.24. The number of ether oxygens (including phenoxy) is 3. The van der Waals surface area contributed by atoms with E-state index in [0.29, 0.717) is 13.2 Å². The summed E-state index contributed by atoms with van der Waals surface area (Å²) in [6.07, 6.45) is 1.66. The minimum atomic E-state index is -0.176. The minimum absolute atomic E-state index is 0.0581. The fourth-order valence-corrected chi connectivity index (χ4v) is 4.83. The van der Waals surface area contributed by atoms with Gasteiger partial charge in [-0.2, -0.15) is 0 Å². The molecule has 4 aromatic rings. The number of thioether (sulfide) groups is 1. The molecule has 0 amide bonds. The van der Waals surface area contributed by atoms with Gasteiger partial charge in [-0.05, 0) is 66.6 Å². The van der Waals surface area contributed by atoms with Crippen LogP contribution in [-0.2, 0) is 9.47 Å².